The number of halogens is 1. The molecule has 0 aromatic heterocycles. The Morgan fingerprint density at radius 3 is 2.56 bits per heavy atom. The molecule has 4 aliphatic rings. The van der Waals surface area contributed by atoms with Crippen LogP contribution in [0, 0.1) is 11.7 Å². The molecule has 11 nitrogen and oxygen atoms in total. The number of rotatable bonds is 6. The van der Waals surface area contributed by atoms with Gasteiger partial charge in [-0.05, 0) is 69.1 Å². The lowest BCUT2D eigenvalue weighted by atomic mass is 10.0. The van der Waals surface area contributed by atoms with Crippen molar-refractivity contribution in [3.8, 4) is 0 Å². The maximum atomic E-state index is 14.0. The molecule has 0 bridgehead atoms. The largest absolute Gasteiger partial charge is 0.479 e. The Bertz CT molecular complexity index is 1250. The molecule has 1 aromatic carbocycles. The first-order valence-corrected chi connectivity index (χ1v) is 15.2. The van der Waals surface area contributed by atoms with Gasteiger partial charge < -0.3 is 30.2 Å². The number of carbonyl (C=O) groups is 4. The van der Waals surface area contributed by atoms with Crippen molar-refractivity contribution in [3.63, 3.8) is 0 Å². The van der Waals surface area contributed by atoms with Crippen LogP contribution >= 0.6 is 0 Å². The third-order valence-electron chi connectivity index (χ3n) is 8.77. The molecule has 43 heavy (non-hydrogen) atoms. The second-order valence-corrected chi connectivity index (χ2v) is 11.9. The van der Waals surface area contributed by atoms with Gasteiger partial charge in [0.05, 0.1) is 12.8 Å². The van der Waals surface area contributed by atoms with Crippen LogP contribution in [0.3, 0.4) is 0 Å². The molecule has 2 aliphatic heterocycles. The first-order chi connectivity index (χ1) is 20.7. The fraction of sp³-hybridized carbons (Fsp3) is 0.581. The predicted octanol–water partition coefficient (Wildman–Crippen LogP) is 3.66. The fourth-order valence-electron chi connectivity index (χ4n) is 6.20. The van der Waals surface area contributed by atoms with Crippen molar-refractivity contribution >= 4 is 30.1 Å². The summed E-state index contributed by atoms with van der Waals surface area (Å²) in [6.07, 6.45) is 11.0. The number of alkyl carbamates (subject to hydrolysis) is 1. The summed E-state index contributed by atoms with van der Waals surface area (Å²) in [7, 11) is 0. The van der Waals surface area contributed by atoms with Gasteiger partial charge in [-0.25, -0.2) is 14.0 Å². The maximum absolute atomic E-state index is 14.0. The lowest BCUT2D eigenvalue weighted by molar-refractivity contribution is -0.145. The fourth-order valence-corrected chi connectivity index (χ4v) is 6.20. The van der Waals surface area contributed by atoms with E-state index in [2.05, 4.69) is 15.8 Å². The molecule has 0 radical (unpaired) electrons. The van der Waals surface area contributed by atoms with Gasteiger partial charge in [0, 0.05) is 12.3 Å². The lowest BCUT2D eigenvalue weighted by Gasteiger charge is -2.29. The van der Waals surface area contributed by atoms with E-state index in [1.807, 2.05) is 12.2 Å². The van der Waals surface area contributed by atoms with Crippen molar-refractivity contribution in [2.45, 2.75) is 100 Å². The van der Waals surface area contributed by atoms with Gasteiger partial charge in [0.15, 0.2) is 0 Å². The maximum Gasteiger partial charge on any atom is 0.408 e. The average molecular weight is 599 g/mol. The van der Waals surface area contributed by atoms with Crippen LogP contribution in [0.1, 0.15) is 76.2 Å². The Morgan fingerprint density at radius 1 is 1.07 bits per heavy atom. The number of carboxylic acid groups (broad SMARTS) is 1. The molecule has 3 amide bonds. The van der Waals surface area contributed by atoms with Gasteiger partial charge in [-0.3, -0.25) is 9.59 Å². The number of nitrogens with zero attached hydrogens (tertiary/aromatic N) is 2. The SMILES string of the molecule is O=C(N[C@H]1CCCCC/C=C\[C@@H]2CC2(C(=O)O)NC(=O)[C@@H]2C[C@@H](O/N=C/c3ccc(F)cc3)CN2C1=O)OC1CCCC1. The van der Waals surface area contributed by atoms with Gasteiger partial charge >= 0.3 is 12.1 Å². The molecule has 12 heteroatoms. The van der Waals surface area contributed by atoms with Crippen LogP contribution in [0.15, 0.2) is 41.6 Å². The van der Waals surface area contributed by atoms with Crippen molar-refractivity contribution in [2.24, 2.45) is 11.1 Å². The van der Waals surface area contributed by atoms with Crippen molar-refractivity contribution in [1.29, 1.82) is 0 Å². The molecule has 1 saturated heterocycles. The van der Waals surface area contributed by atoms with Crippen molar-refractivity contribution in [2.75, 3.05) is 6.54 Å². The summed E-state index contributed by atoms with van der Waals surface area (Å²) < 4.78 is 18.8. The number of aliphatic carboxylic acids is 1. The van der Waals surface area contributed by atoms with E-state index in [1.165, 1.54) is 35.4 Å². The number of hydrogen-bond donors (Lipinski definition) is 3. The third kappa shape index (κ3) is 7.52. The van der Waals surface area contributed by atoms with Crippen LogP contribution in [-0.4, -0.2) is 76.5 Å². The number of amides is 3. The van der Waals surface area contributed by atoms with Gasteiger partial charge in [-0.1, -0.05) is 42.3 Å². The van der Waals surface area contributed by atoms with Gasteiger partial charge in [-0.15, -0.1) is 0 Å². The smallest absolute Gasteiger partial charge is 0.408 e. The van der Waals surface area contributed by atoms with E-state index in [9.17, 15) is 28.7 Å². The minimum absolute atomic E-state index is 0.0108. The van der Waals surface area contributed by atoms with E-state index in [4.69, 9.17) is 9.57 Å². The Balaban J connectivity index is 1.35. The van der Waals surface area contributed by atoms with E-state index in [1.54, 1.807) is 0 Å². The summed E-state index contributed by atoms with van der Waals surface area (Å²) in [6.45, 7) is 0.0108. The van der Waals surface area contributed by atoms with E-state index in [-0.39, 0.29) is 37.2 Å². The number of allylic oxidation sites excluding steroid dienone is 1. The van der Waals surface area contributed by atoms with Crippen LogP contribution in [-0.2, 0) is 24.0 Å². The van der Waals surface area contributed by atoms with Crippen LogP contribution in [0.25, 0.3) is 0 Å². The number of ether oxygens (including phenoxy) is 1. The molecule has 5 atom stereocenters. The van der Waals surface area contributed by atoms with Crippen molar-refractivity contribution in [1.82, 2.24) is 15.5 Å². The zero-order valence-corrected chi connectivity index (χ0v) is 24.1. The number of fused-ring (bicyclic) bond motifs is 2. The summed E-state index contributed by atoms with van der Waals surface area (Å²) in [6, 6.07) is 3.70. The third-order valence-corrected chi connectivity index (χ3v) is 8.77. The molecule has 1 unspecified atom stereocenters. The summed E-state index contributed by atoms with van der Waals surface area (Å²) in [4.78, 5) is 59.6. The molecule has 3 fully saturated rings. The molecule has 2 saturated carbocycles. The minimum Gasteiger partial charge on any atom is -0.479 e. The molecule has 3 N–H and O–H groups in total. The predicted molar refractivity (Wildman–Crippen MR) is 153 cm³/mol. The summed E-state index contributed by atoms with van der Waals surface area (Å²) in [5.41, 5.74) is -0.824. The van der Waals surface area contributed by atoms with Crippen LogP contribution in [0.4, 0.5) is 9.18 Å². The van der Waals surface area contributed by atoms with Gasteiger partial charge in [-0.2, -0.15) is 0 Å². The van der Waals surface area contributed by atoms with Crippen LogP contribution in [0.2, 0.25) is 0 Å². The summed E-state index contributed by atoms with van der Waals surface area (Å²) in [5, 5.41) is 19.4. The Labute approximate surface area is 249 Å². The van der Waals surface area contributed by atoms with E-state index >= 15 is 0 Å². The van der Waals surface area contributed by atoms with Crippen LogP contribution < -0.4 is 10.6 Å². The number of carbonyl (C=O) groups excluding carboxylic acids is 3. The summed E-state index contributed by atoms with van der Waals surface area (Å²) in [5.74, 6) is -2.90. The quantitative estimate of drug-likeness (QED) is 0.257. The molecule has 2 aliphatic carbocycles. The standard InChI is InChI=1S/C31H39FN4O7/c32-22-14-12-20(13-15-22)18-33-43-24-16-26-27(37)35-31(29(39)40)17-21(31)8-4-2-1-3-5-11-25(28(38)36(26)19-24)34-30(41)42-23-9-6-7-10-23/h4,8,12-15,18,21,23-26H,1-3,5-7,9-11,16-17,19H2,(H,34,41)(H,35,37)(H,39,40)/b8-4-,33-18+/t21-,24-,25+,26+,31?/m1/s1. The van der Waals surface area contributed by atoms with E-state index < -0.39 is 47.6 Å². The second kappa shape index (κ2) is 13.6. The highest BCUT2D eigenvalue weighted by Gasteiger charge is 2.61. The molecule has 5 rings (SSSR count). The molecule has 232 valence electrons. The van der Waals surface area contributed by atoms with Crippen LogP contribution in [0.5, 0.6) is 0 Å². The topological polar surface area (TPSA) is 147 Å². The molecule has 1 aromatic rings. The second-order valence-electron chi connectivity index (χ2n) is 11.9. The molecular formula is C31H39FN4O7. The minimum atomic E-state index is -1.43. The number of nitrogens with one attached hydrogen (secondary N) is 2. The highest BCUT2D eigenvalue weighted by molar-refractivity contribution is 5.96. The van der Waals surface area contributed by atoms with E-state index in [0.29, 0.717) is 18.4 Å². The Hall–Kier alpha value is -3.96. The number of carboxylic acids is 1. The van der Waals surface area contributed by atoms with Gasteiger partial charge in [0.2, 0.25) is 11.8 Å². The van der Waals surface area contributed by atoms with Gasteiger partial charge in [0.1, 0.15) is 35.6 Å². The number of hydrogen-bond acceptors (Lipinski definition) is 7. The highest BCUT2D eigenvalue weighted by atomic mass is 19.1. The van der Waals surface area contributed by atoms with Gasteiger partial charge in [0.25, 0.3) is 0 Å². The molecule has 0 spiro atoms. The number of benzene rings is 1. The van der Waals surface area contributed by atoms with Crippen molar-refractivity contribution < 1.29 is 38.2 Å². The Morgan fingerprint density at radius 2 is 1.81 bits per heavy atom. The molecular weight excluding hydrogens is 559 g/mol. The van der Waals surface area contributed by atoms with E-state index in [0.717, 1.165) is 44.9 Å². The Kier molecular flexibility index (Phi) is 9.62. The summed E-state index contributed by atoms with van der Waals surface area (Å²) >= 11 is 0. The zero-order valence-electron chi connectivity index (χ0n) is 24.1. The van der Waals surface area contributed by atoms with Crippen molar-refractivity contribution in [3.05, 3.63) is 47.8 Å². The number of oxime groups is 1. The normalized spacial score (nSPS) is 30.9. The average Bonchev–Trinajstić information content (AvgIpc) is 3.27. The first kappa shape index (κ1) is 30.5. The first-order valence-electron chi connectivity index (χ1n) is 15.2. The lowest BCUT2D eigenvalue weighted by Crippen LogP contribution is -2.56. The highest BCUT2D eigenvalue weighted by Crippen LogP contribution is 2.45. The monoisotopic (exact) mass is 598 g/mol. The molecule has 2 heterocycles. The zero-order chi connectivity index (χ0) is 30.4.